The van der Waals surface area contributed by atoms with Crippen molar-refractivity contribution < 1.29 is 4.79 Å². The molecule has 0 radical (unpaired) electrons. The summed E-state index contributed by atoms with van der Waals surface area (Å²) in [4.78, 5) is 19.9. The highest BCUT2D eigenvalue weighted by molar-refractivity contribution is 7.13. The number of hydrogen-bond donors (Lipinski definition) is 1. The number of thiazole rings is 1. The molecule has 6 heteroatoms. The predicted octanol–water partition coefficient (Wildman–Crippen LogP) is 2.60. The van der Waals surface area contributed by atoms with Gasteiger partial charge in [0.05, 0.1) is 16.4 Å². The van der Waals surface area contributed by atoms with Crippen molar-refractivity contribution in [1.29, 1.82) is 0 Å². The van der Waals surface area contributed by atoms with Crippen LogP contribution in [-0.2, 0) is 12.8 Å². The average Bonchev–Trinajstić information content (AvgIpc) is 3.22. The fraction of sp³-hybridized carbons (Fsp3) is 0.562. The lowest BCUT2D eigenvalue weighted by molar-refractivity contribution is 0.0766. The van der Waals surface area contributed by atoms with Gasteiger partial charge in [0.15, 0.2) is 0 Å². The first-order chi connectivity index (χ1) is 10.6. The Balaban J connectivity index is 1.54. The molecule has 5 nitrogen and oxygen atoms in total. The number of aromatic amines is 1. The van der Waals surface area contributed by atoms with Crippen molar-refractivity contribution in [3.8, 4) is 0 Å². The number of aryl methyl sites for hydroxylation is 2. The van der Waals surface area contributed by atoms with Crippen molar-refractivity contribution in [2.75, 3.05) is 13.1 Å². The van der Waals surface area contributed by atoms with E-state index in [0.717, 1.165) is 41.5 Å². The van der Waals surface area contributed by atoms with Crippen LogP contribution >= 0.6 is 11.3 Å². The summed E-state index contributed by atoms with van der Waals surface area (Å²) in [5, 5.41) is 8.67. The number of aromatic nitrogens is 3. The van der Waals surface area contributed by atoms with Crippen LogP contribution < -0.4 is 0 Å². The van der Waals surface area contributed by atoms with E-state index in [-0.39, 0.29) is 5.91 Å². The lowest BCUT2D eigenvalue weighted by Gasteiger charge is -2.19. The van der Waals surface area contributed by atoms with E-state index in [1.54, 1.807) is 0 Å². The molecule has 1 fully saturated rings. The number of carbonyl (C=O) groups excluding carboxylic acids is 1. The molecule has 2 aromatic rings. The Morgan fingerprint density at radius 2 is 2.05 bits per heavy atom. The van der Waals surface area contributed by atoms with Crippen LogP contribution in [0, 0.1) is 13.8 Å². The lowest BCUT2D eigenvalue weighted by atomic mass is 10.1. The van der Waals surface area contributed by atoms with Crippen molar-refractivity contribution in [3.63, 3.8) is 0 Å². The highest BCUT2D eigenvalue weighted by Crippen LogP contribution is 2.41. The number of hydrogen-bond acceptors (Lipinski definition) is 4. The van der Waals surface area contributed by atoms with E-state index in [1.807, 2.05) is 18.7 Å². The molecule has 0 unspecified atom stereocenters. The number of amides is 1. The predicted molar refractivity (Wildman–Crippen MR) is 85.5 cm³/mol. The molecule has 0 bridgehead atoms. The van der Waals surface area contributed by atoms with Crippen molar-refractivity contribution in [3.05, 3.63) is 32.5 Å². The molecular formula is C16H20N4OS. The van der Waals surface area contributed by atoms with Crippen molar-refractivity contribution in [1.82, 2.24) is 20.1 Å². The fourth-order valence-electron chi connectivity index (χ4n) is 3.28. The van der Waals surface area contributed by atoms with E-state index in [1.165, 1.54) is 41.1 Å². The van der Waals surface area contributed by atoms with Crippen molar-refractivity contribution in [2.24, 2.45) is 0 Å². The molecule has 1 aliphatic heterocycles. The van der Waals surface area contributed by atoms with Gasteiger partial charge >= 0.3 is 0 Å². The Kier molecular flexibility index (Phi) is 3.29. The van der Waals surface area contributed by atoms with Crippen LogP contribution in [0.15, 0.2) is 0 Å². The van der Waals surface area contributed by atoms with Crippen LogP contribution in [0.5, 0.6) is 0 Å². The number of nitrogens with one attached hydrogen (secondary N) is 1. The van der Waals surface area contributed by atoms with Crippen molar-refractivity contribution >= 4 is 17.2 Å². The van der Waals surface area contributed by atoms with Gasteiger partial charge < -0.3 is 4.90 Å². The maximum atomic E-state index is 12.8. The zero-order chi connectivity index (χ0) is 15.3. The van der Waals surface area contributed by atoms with Crippen LogP contribution in [0.3, 0.4) is 0 Å². The van der Waals surface area contributed by atoms with Crippen LogP contribution in [0.2, 0.25) is 0 Å². The molecule has 1 N–H and O–H groups in total. The third-order valence-electron chi connectivity index (χ3n) is 4.60. The maximum Gasteiger partial charge on any atom is 0.265 e. The Morgan fingerprint density at radius 3 is 2.73 bits per heavy atom. The molecule has 22 heavy (non-hydrogen) atoms. The number of nitrogens with zero attached hydrogens (tertiary/aromatic N) is 3. The summed E-state index contributed by atoms with van der Waals surface area (Å²) in [6, 6.07) is 0. The van der Waals surface area contributed by atoms with Crippen LogP contribution in [0.1, 0.15) is 56.1 Å². The normalized spacial score (nSPS) is 18.2. The molecular weight excluding hydrogens is 296 g/mol. The Labute approximate surface area is 133 Å². The average molecular weight is 316 g/mol. The second-order valence-electron chi connectivity index (χ2n) is 6.28. The number of carbonyl (C=O) groups is 1. The number of rotatable bonds is 2. The molecule has 4 rings (SSSR count). The fourth-order valence-corrected chi connectivity index (χ4v) is 4.17. The molecule has 0 spiro atoms. The largest absolute Gasteiger partial charge is 0.337 e. The van der Waals surface area contributed by atoms with Crippen molar-refractivity contribution in [2.45, 2.75) is 45.4 Å². The summed E-state index contributed by atoms with van der Waals surface area (Å²) in [6.45, 7) is 5.41. The third-order valence-corrected chi connectivity index (χ3v) is 5.66. The van der Waals surface area contributed by atoms with Gasteiger partial charge in [-0.3, -0.25) is 9.89 Å². The minimum atomic E-state index is 0.134. The highest BCUT2D eigenvalue weighted by Gasteiger charge is 2.32. The minimum Gasteiger partial charge on any atom is -0.337 e. The first-order valence-corrected chi connectivity index (χ1v) is 8.74. The number of H-pyrrole nitrogens is 1. The Bertz CT molecular complexity index is 729. The molecule has 1 saturated carbocycles. The van der Waals surface area contributed by atoms with Gasteiger partial charge in [-0.05, 0) is 38.7 Å². The lowest BCUT2D eigenvalue weighted by Crippen LogP contribution is -2.33. The van der Waals surface area contributed by atoms with Gasteiger partial charge in [0.1, 0.15) is 4.88 Å². The summed E-state index contributed by atoms with van der Waals surface area (Å²) in [6.07, 6.45) is 4.32. The summed E-state index contributed by atoms with van der Waals surface area (Å²) in [5.74, 6) is 0.794. The first kappa shape index (κ1) is 13.9. The zero-order valence-electron chi connectivity index (χ0n) is 13.0. The van der Waals surface area contributed by atoms with E-state index in [4.69, 9.17) is 0 Å². The second-order valence-corrected chi connectivity index (χ2v) is 7.48. The first-order valence-electron chi connectivity index (χ1n) is 7.93. The van der Waals surface area contributed by atoms with Crippen LogP contribution in [-0.4, -0.2) is 39.1 Å². The zero-order valence-corrected chi connectivity index (χ0v) is 13.8. The quantitative estimate of drug-likeness (QED) is 0.926. The van der Waals surface area contributed by atoms with Crippen LogP contribution in [0.4, 0.5) is 0 Å². The molecule has 3 heterocycles. The Morgan fingerprint density at radius 1 is 1.27 bits per heavy atom. The van der Waals surface area contributed by atoms with E-state index in [9.17, 15) is 4.79 Å². The van der Waals surface area contributed by atoms with Gasteiger partial charge in [-0.2, -0.15) is 5.10 Å². The summed E-state index contributed by atoms with van der Waals surface area (Å²) in [7, 11) is 0. The molecule has 0 aromatic carbocycles. The van der Waals surface area contributed by atoms with E-state index in [2.05, 4.69) is 15.2 Å². The van der Waals surface area contributed by atoms with Gasteiger partial charge in [0.25, 0.3) is 5.91 Å². The van der Waals surface area contributed by atoms with E-state index < -0.39 is 0 Å². The maximum absolute atomic E-state index is 12.8. The Hall–Kier alpha value is -1.69. The van der Waals surface area contributed by atoms with Crippen LogP contribution in [0.25, 0.3) is 0 Å². The molecule has 0 atom stereocenters. The molecule has 2 aliphatic rings. The third kappa shape index (κ3) is 2.35. The minimum absolute atomic E-state index is 0.134. The molecule has 2 aromatic heterocycles. The van der Waals surface area contributed by atoms with Gasteiger partial charge in [0, 0.05) is 31.1 Å². The van der Waals surface area contributed by atoms with E-state index >= 15 is 0 Å². The number of fused-ring (bicyclic) bond motifs is 1. The van der Waals surface area contributed by atoms with Gasteiger partial charge in [-0.15, -0.1) is 11.3 Å². The summed E-state index contributed by atoms with van der Waals surface area (Å²) < 4.78 is 0. The summed E-state index contributed by atoms with van der Waals surface area (Å²) >= 11 is 1.50. The van der Waals surface area contributed by atoms with Gasteiger partial charge in [0.2, 0.25) is 0 Å². The van der Waals surface area contributed by atoms with E-state index in [0.29, 0.717) is 5.92 Å². The second kappa shape index (κ2) is 5.19. The molecule has 0 saturated heterocycles. The molecule has 116 valence electrons. The molecule has 1 amide bonds. The molecule has 1 aliphatic carbocycles. The smallest absolute Gasteiger partial charge is 0.265 e. The SMILES string of the molecule is Cc1nc(C)c(C(=O)N2CCc3[nH]nc(C4CC4)c3CC2)s1. The van der Waals surface area contributed by atoms with Gasteiger partial charge in [-0.1, -0.05) is 0 Å². The topological polar surface area (TPSA) is 61.9 Å². The standard InChI is InChI=1S/C16H20N4OS/c1-9-15(22-10(2)17-9)16(21)20-7-5-12-13(6-8-20)18-19-14(12)11-3-4-11/h11H,3-8H2,1-2H3,(H,18,19). The van der Waals surface area contributed by atoms with Gasteiger partial charge in [-0.25, -0.2) is 4.98 Å². The summed E-state index contributed by atoms with van der Waals surface area (Å²) in [5.41, 5.74) is 4.72. The monoisotopic (exact) mass is 316 g/mol. The highest BCUT2D eigenvalue weighted by atomic mass is 32.1.